The molecule has 3 heterocycles. The molecule has 3 aromatic heterocycles. The number of carboxylic acids is 1. The minimum atomic E-state index is -1.74. The van der Waals surface area contributed by atoms with Gasteiger partial charge >= 0.3 is 11.7 Å². The van der Waals surface area contributed by atoms with E-state index in [1.54, 1.807) is 13.0 Å². The lowest BCUT2D eigenvalue weighted by molar-refractivity contribution is -0.146. The number of halogens is 1. The van der Waals surface area contributed by atoms with Gasteiger partial charge in [0.1, 0.15) is 16.6 Å². The summed E-state index contributed by atoms with van der Waals surface area (Å²) in [6.07, 6.45) is 3.34. The summed E-state index contributed by atoms with van der Waals surface area (Å²) >= 11 is 7.49. The smallest absolute Gasteiger partial charge is 0.333 e. The molecule has 4 aromatic rings. The second-order valence-electron chi connectivity index (χ2n) is 7.85. The Labute approximate surface area is 191 Å². The molecule has 0 radical (unpaired) electrons. The first-order chi connectivity index (χ1) is 15.1. The van der Waals surface area contributed by atoms with E-state index >= 15 is 0 Å². The Hall–Kier alpha value is -3.17. The number of carboxylic acid groups (broad SMARTS) is 1. The van der Waals surface area contributed by atoms with E-state index in [0.717, 1.165) is 10.1 Å². The molecule has 1 aromatic carbocycles. The SMILES string of the molecule is Cc1c(-c2ncco2)sc2c1c(=O)n(C(C)(C)C(=O)O)c(=O)n2CCc1ccccc1Cl. The number of hydrogen-bond acceptors (Lipinski definition) is 6. The third-order valence-corrected chi connectivity index (χ3v) is 7.16. The van der Waals surface area contributed by atoms with Gasteiger partial charge < -0.3 is 9.52 Å². The number of aryl methyl sites for hydroxylation is 3. The molecule has 32 heavy (non-hydrogen) atoms. The van der Waals surface area contributed by atoms with Gasteiger partial charge in [-0.1, -0.05) is 29.8 Å². The minimum absolute atomic E-state index is 0.208. The van der Waals surface area contributed by atoms with Crippen LogP contribution in [0.5, 0.6) is 0 Å². The van der Waals surface area contributed by atoms with Crippen molar-refractivity contribution in [3.05, 3.63) is 73.7 Å². The van der Waals surface area contributed by atoms with Gasteiger partial charge in [-0.3, -0.25) is 9.36 Å². The van der Waals surface area contributed by atoms with Crippen LogP contribution in [0.3, 0.4) is 0 Å². The summed E-state index contributed by atoms with van der Waals surface area (Å²) in [7, 11) is 0. The lowest BCUT2D eigenvalue weighted by Crippen LogP contribution is -2.52. The van der Waals surface area contributed by atoms with Crippen LogP contribution >= 0.6 is 22.9 Å². The number of hydrogen-bond donors (Lipinski definition) is 1. The van der Waals surface area contributed by atoms with Crippen molar-refractivity contribution < 1.29 is 14.3 Å². The van der Waals surface area contributed by atoms with Crippen molar-refractivity contribution >= 4 is 39.1 Å². The van der Waals surface area contributed by atoms with Gasteiger partial charge in [-0.2, -0.15) is 0 Å². The highest BCUT2D eigenvalue weighted by Gasteiger charge is 2.35. The Morgan fingerprint density at radius 3 is 2.62 bits per heavy atom. The number of rotatable bonds is 6. The van der Waals surface area contributed by atoms with Crippen LogP contribution in [0.4, 0.5) is 0 Å². The summed E-state index contributed by atoms with van der Waals surface area (Å²) < 4.78 is 7.66. The average Bonchev–Trinajstić information content (AvgIpc) is 3.37. The summed E-state index contributed by atoms with van der Waals surface area (Å²) in [4.78, 5) is 44.0. The van der Waals surface area contributed by atoms with E-state index in [1.165, 1.54) is 42.2 Å². The second-order valence-corrected chi connectivity index (χ2v) is 9.26. The molecule has 4 rings (SSSR count). The molecule has 166 valence electrons. The maximum absolute atomic E-state index is 13.5. The van der Waals surface area contributed by atoms with Crippen molar-refractivity contribution in [1.29, 1.82) is 0 Å². The van der Waals surface area contributed by atoms with Crippen molar-refractivity contribution in [2.75, 3.05) is 0 Å². The Kier molecular flexibility index (Phi) is 5.56. The Bertz CT molecular complexity index is 1450. The number of nitrogens with zero attached hydrogens (tertiary/aromatic N) is 3. The topological polar surface area (TPSA) is 107 Å². The molecule has 0 aliphatic heterocycles. The molecular formula is C22H20ClN3O5S. The van der Waals surface area contributed by atoms with Crippen molar-refractivity contribution in [3.63, 3.8) is 0 Å². The van der Waals surface area contributed by atoms with Crippen molar-refractivity contribution in [2.45, 2.75) is 39.3 Å². The molecule has 0 saturated heterocycles. The Morgan fingerprint density at radius 1 is 1.28 bits per heavy atom. The van der Waals surface area contributed by atoms with Gasteiger partial charge in [0.2, 0.25) is 5.89 Å². The molecule has 0 spiro atoms. The molecule has 0 aliphatic rings. The van der Waals surface area contributed by atoms with Crippen molar-refractivity contribution in [3.8, 4) is 10.8 Å². The maximum Gasteiger partial charge on any atom is 0.333 e. The van der Waals surface area contributed by atoms with E-state index < -0.39 is 22.8 Å². The first kappa shape index (κ1) is 22.0. The second kappa shape index (κ2) is 8.07. The number of carbonyl (C=O) groups is 1. The molecule has 0 bridgehead atoms. The van der Waals surface area contributed by atoms with Crippen LogP contribution in [0.25, 0.3) is 21.0 Å². The number of fused-ring (bicyclic) bond motifs is 1. The zero-order chi connectivity index (χ0) is 23.2. The van der Waals surface area contributed by atoms with Gasteiger partial charge in [0, 0.05) is 11.6 Å². The van der Waals surface area contributed by atoms with Crippen LogP contribution in [0.1, 0.15) is 25.0 Å². The maximum atomic E-state index is 13.5. The molecule has 0 saturated carbocycles. The number of oxazole rings is 1. The van der Waals surface area contributed by atoms with Gasteiger partial charge in [-0.25, -0.2) is 19.1 Å². The first-order valence-corrected chi connectivity index (χ1v) is 11.0. The van der Waals surface area contributed by atoms with Crippen molar-refractivity contribution in [1.82, 2.24) is 14.1 Å². The summed E-state index contributed by atoms with van der Waals surface area (Å²) in [5.41, 5.74) is -1.67. The molecule has 0 unspecified atom stereocenters. The fraction of sp³-hybridized carbons (Fsp3) is 0.273. The van der Waals surface area contributed by atoms with Crippen LogP contribution < -0.4 is 11.2 Å². The molecule has 1 N–H and O–H groups in total. The van der Waals surface area contributed by atoms with E-state index in [9.17, 15) is 19.5 Å². The van der Waals surface area contributed by atoms with Gasteiger partial charge in [0.05, 0.1) is 16.5 Å². The predicted molar refractivity (Wildman–Crippen MR) is 123 cm³/mol. The highest BCUT2D eigenvalue weighted by Crippen LogP contribution is 2.35. The monoisotopic (exact) mass is 473 g/mol. The van der Waals surface area contributed by atoms with Crippen LogP contribution in [-0.2, 0) is 23.3 Å². The quantitative estimate of drug-likeness (QED) is 0.455. The molecule has 0 aliphatic carbocycles. The predicted octanol–water partition coefficient (Wildman–Crippen LogP) is 3.90. The van der Waals surface area contributed by atoms with Crippen LogP contribution in [0.2, 0.25) is 5.02 Å². The highest BCUT2D eigenvalue weighted by molar-refractivity contribution is 7.22. The minimum Gasteiger partial charge on any atom is -0.480 e. The van der Waals surface area contributed by atoms with Crippen molar-refractivity contribution in [2.24, 2.45) is 0 Å². The standard InChI is InChI=1S/C22H20ClN3O5S/c1-12-15-18(27)26(22(2,3)20(28)29)21(30)25(10-8-13-6-4-5-7-14(13)23)19(15)32-16(12)17-24-9-11-31-17/h4-7,9,11H,8,10H2,1-3H3,(H,28,29). The molecule has 0 amide bonds. The van der Waals surface area contributed by atoms with Crippen LogP contribution in [-0.4, -0.2) is 25.2 Å². The fourth-order valence-corrected chi connectivity index (χ4v) is 5.09. The Morgan fingerprint density at radius 2 is 2.00 bits per heavy atom. The van der Waals surface area contributed by atoms with E-state index in [1.807, 2.05) is 18.2 Å². The molecule has 0 fully saturated rings. The average molecular weight is 474 g/mol. The van der Waals surface area contributed by atoms with Crippen LogP contribution in [0, 0.1) is 6.92 Å². The largest absolute Gasteiger partial charge is 0.480 e. The third-order valence-electron chi connectivity index (χ3n) is 5.48. The summed E-state index contributed by atoms with van der Waals surface area (Å²) in [6.45, 7) is 4.61. The molecule has 8 nitrogen and oxygen atoms in total. The summed E-state index contributed by atoms with van der Waals surface area (Å²) in [5.74, 6) is -0.952. The Balaban J connectivity index is 2.01. The zero-order valence-electron chi connectivity index (χ0n) is 17.6. The zero-order valence-corrected chi connectivity index (χ0v) is 19.2. The number of aromatic nitrogens is 3. The normalized spacial score (nSPS) is 11.9. The van der Waals surface area contributed by atoms with E-state index in [4.69, 9.17) is 16.0 Å². The molecule has 0 atom stereocenters. The van der Waals surface area contributed by atoms with Crippen LogP contribution in [0.15, 0.2) is 50.7 Å². The van der Waals surface area contributed by atoms with Gasteiger partial charge in [-0.05, 0) is 44.4 Å². The van der Waals surface area contributed by atoms with Gasteiger partial charge in [-0.15, -0.1) is 11.3 Å². The number of thiophene rings is 1. The summed E-state index contributed by atoms with van der Waals surface area (Å²) in [5, 5.41) is 10.6. The molecular weight excluding hydrogens is 454 g/mol. The molecule has 10 heteroatoms. The fourth-order valence-electron chi connectivity index (χ4n) is 3.61. The number of benzene rings is 1. The van der Waals surface area contributed by atoms with E-state index in [0.29, 0.717) is 32.6 Å². The van der Waals surface area contributed by atoms with Gasteiger partial charge in [0.15, 0.2) is 0 Å². The van der Waals surface area contributed by atoms with Gasteiger partial charge in [0.25, 0.3) is 5.56 Å². The number of aliphatic carboxylic acids is 1. The van der Waals surface area contributed by atoms with E-state index in [2.05, 4.69) is 4.98 Å². The third kappa shape index (κ3) is 3.47. The first-order valence-electron chi connectivity index (χ1n) is 9.80. The lowest BCUT2D eigenvalue weighted by atomic mass is 10.1. The van der Waals surface area contributed by atoms with E-state index in [-0.39, 0.29) is 11.9 Å². The summed E-state index contributed by atoms with van der Waals surface area (Å²) in [6, 6.07) is 7.29. The highest BCUT2D eigenvalue weighted by atomic mass is 35.5. The lowest BCUT2D eigenvalue weighted by Gasteiger charge is -2.23.